The minimum atomic E-state index is 0.519. The van der Waals surface area contributed by atoms with Crippen LogP contribution in [0.3, 0.4) is 0 Å². The van der Waals surface area contributed by atoms with Crippen molar-refractivity contribution in [1.82, 2.24) is 24.8 Å². The van der Waals surface area contributed by atoms with Gasteiger partial charge >= 0.3 is 0 Å². The van der Waals surface area contributed by atoms with Crippen molar-refractivity contribution in [2.75, 3.05) is 7.11 Å². The lowest BCUT2D eigenvalue weighted by Gasteiger charge is -2.03. The molecule has 6 nitrogen and oxygen atoms in total. The molecule has 0 saturated heterocycles. The van der Waals surface area contributed by atoms with E-state index in [1.807, 2.05) is 31.2 Å². The molecule has 0 bridgehead atoms. The summed E-state index contributed by atoms with van der Waals surface area (Å²) in [5.41, 5.74) is 1.74. The maximum absolute atomic E-state index is 5.13. The second-order valence-electron chi connectivity index (χ2n) is 4.05. The van der Waals surface area contributed by atoms with Crippen LogP contribution in [0.4, 0.5) is 0 Å². The molecule has 0 spiro atoms. The molecule has 0 atom stereocenters. The van der Waals surface area contributed by atoms with Crippen molar-refractivity contribution in [3.8, 4) is 17.0 Å². The maximum Gasteiger partial charge on any atom is 0.272 e. The Morgan fingerprint density at radius 2 is 1.95 bits per heavy atom. The van der Waals surface area contributed by atoms with E-state index in [1.54, 1.807) is 17.8 Å². The van der Waals surface area contributed by atoms with E-state index in [0.717, 1.165) is 29.3 Å². The molecule has 0 unspecified atom stereocenters. The van der Waals surface area contributed by atoms with Crippen molar-refractivity contribution in [2.45, 2.75) is 13.3 Å². The quantitative estimate of drug-likeness (QED) is 0.713. The molecular weight excluding hydrogens is 242 g/mol. The molecule has 0 radical (unpaired) electrons. The minimum Gasteiger partial charge on any atom is -0.497 e. The number of benzene rings is 1. The Balaban J connectivity index is 2.04. The van der Waals surface area contributed by atoms with E-state index in [9.17, 15) is 0 Å². The molecule has 1 aromatic carbocycles. The van der Waals surface area contributed by atoms with Crippen LogP contribution in [-0.2, 0) is 6.42 Å². The zero-order chi connectivity index (χ0) is 13.2. The lowest BCUT2D eigenvalue weighted by molar-refractivity contribution is 0.415. The Labute approximate surface area is 110 Å². The van der Waals surface area contributed by atoms with E-state index in [0.29, 0.717) is 5.78 Å². The number of nitrogens with zero attached hydrogens (tertiary/aromatic N) is 5. The Kier molecular flexibility index (Phi) is 2.83. The van der Waals surface area contributed by atoms with Gasteiger partial charge in [-0.05, 0) is 24.3 Å². The number of rotatable bonds is 3. The van der Waals surface area contributed by atoms with Gasteiger partial charge in [-0.2, -0.15) is 9.61 Å². The first kappa shape index (κ1) is 11.6. The second kappa shape index (κ2) is 4.64. The summed E-state index contributed by atoms with van der Waals surface area (Å²) in [6.07, 6.45) is 2.50. The number of fused-ring (bicyclic) bond motifs is 1. The normalized spacial score (nSPS) is 10.8. The zero-order valence-electron chi connectivity index (χ0n) is 10.7. The Morgan fingerprint density at radius 3 is 2.63 bits per heavy atom. The zero-order valence-corrected chi connectivity index (χ0v) is 10.7. The van der Waals surface area contributed by atoms with Gasteiger partial charge in [0.05, 0.1) is 19.0 Å². The average Bonchev–Trinajstić information content (AvgIpc) is 2.89. The molecule has 0 aliphatic rings. The molecule has 19 heavy (non-hydrogen) atoms. The highest BCUT2D eigenvalue weighted by Gasteiger charge is 2.08. The van der Waals surface area contributed by atoms with Gasteiger partial charge < -0.3 is 4.74 Å². The first-order valence-corrected chi connectivity index (χ1v) is 6.03. The van der Waals surface area contributed by atoms with Gasteiger partial charge in [-0.25, -0.2) is 4.98 Å². The van der Waals surface area contributed by atoms with E-state index < -0.39 is 0 Å². The van der Waals surface area contributed by atoms with E-state index >= 15 is 0 Å². The van der Waals surface area contributed by atoms with Gasteiger partial charge in [-0.1, -0.05) is 6.92 Å². The molecule has 0 aliphatic heterocycles. The van der Waals surface area contributed by atoms with Gasteiger partial charge in [-0.15, -0.1) is 10.2 Å². The largest absolute Gasteiger partial charge is 0.497 e. The second-order valence-corrected chi connectivity index (χ2v) is 4.05. The first-order chi connectivity index (χ1) is 9.31. The monoisotopic (exact) mass is 255 g/mol. The van der Waals surface area contributed by atoms with Crippen LogP contribution in [0.5, 0.6) is 5.75 Å². The van der Waals surface area contributed by atoms with Gasteiger partial charge in [0.2, 0.25) is 0 Å². The predicted octanol–water partition coefficient (Wildman–Crippen LogP) is 1.76. The standard InChI is InChI=1S/C13H13N5O/c1-3-12-16-17-13-15-11(8-14-18(12)13)9-4-6-10(19-2)7-5-9/h4-8H,3H2,1-2H3. The molecule has 0 aliphatic carbocycles. The summed E-state index contributed by atoms with van der Waals surface area (Å²) in [7, 11) is 1.64. The highest BCUT2D eigenvalue weighted by Crippen LogP contribution is 2.20. The Bertz CT molecular complexity index is 705. The molecule has 96 valence electrons. The number of aryl methyl sites for hydroxylation is 1. The van der Waals surface area contributed by atoms with Crippen LogP contribution in [0.2, 0.25) is 0 Å². The summed E-state index contributed by atoms with van der Waals surface area (Å²) in [5.74, 6) is 2.14. The lowest BCUT2D eigenvalue weighted by Crippen LogP contribution is -2.00. The van der Waals surface area contributed by atoms with Crippen molar-refractivity contribution < 1.29 is 4.74 Å². The van der Waals surface area contributed by atoms with Gasteiger partial charge in [0.1, 0.15) is 5.75 Å². The third kappa shape index (κ3) is 2.01. The maximum atomic E-state index is 5.13. The van der Waals surface area contributed by atoms with Crippen LogP contribution in [-0.4, -0.2) is 31.9 Å². The highest BCUT2D eigenvalue weighted by atomic mass is 16.5. The topological polar surface area (TPSA) is 65.2 Å². The minimum absolute atomic E-state index is 0.519. The molecule has 2 aromatic heterocycles. The molecule has 3 aromatic rings. The van der Waals surface area contributed by atoms with E-state index in [4.69, 9.17) is 4.74 Å². The summed E-state index contributed by atoms with van der Waals surface area (Å²) in [5, 5.41) is 12.4. The van der Waals surface area contributed by atoms with Gasteiger partial charge in [0, 0.05) is 12.0 Å². The van der Waals surface area contributed by atoms with Crippen LogP contribution in [0.15, 0.2) is 30.5 Å². The summed E-state index contributed by atoms with van der Waals surface area (Å²) in [6.45, 7) is 2.01. The molecule has 2 heterocycles. The third-order valence-electron chi connectivity index (χ3n) is 2.91. The third-order valence-corrected chi connectivity index (χ3v) is 2.91. The number of hydrogen-bond acceptors (Lipinski definition) is 5. The van der Waals surface area contributed by atoms with Gasteiger partial charge in [0.25, 0.3) is 5.78 Å². The van der Waals surface area contributed by atoms with Crippen molar-refractivity contribution in [1.29, 1.82) is 0 Å². The van der Waals surface area contributed by atoms with E-state index in [1.165, 1.54) is 0 Å². The van der Waals surface area contributed by atoms with Crippen molar-refractivity contribution >= 4 is 5.78 Å². The fourth-order valence-electron chi connectivity index (χ4n) is 1.86. The Hall–Kier alpha value is -2.50. The van der Waals surface area contributed by atoms with Crippen LogP contribution < -0.4 is 4.74 Å². The van der Waals surface area contributed by atoms with Crippen LogP contribution in [0.25, 0.3) is 17.0 Å². The van der Waals surface area contributed by atoms with Crippen molar-refractivity contribution in [2.24, 2.45) is 0 Å². The summed E-state index contributed by atoms with van der Waals surface area (Å²) in [6, 6.07) is 7.66. The molecule has 0 amide bonds. The fraction of sp³-hybridized carbons (Fsp3) is 0.231. The Morgan fingerprint density at radius 1 is 1.16 bits per heavy atom. The average molecular weight is 255 g/mol. The lowest BCUT2D eigenvalue weighted by atomic mass is 10.1. The molecule has 3 rings (SSSR count). The van der Waals surface area contributed by atoms with Gasteiger partial charge in [0.15, 0.2) is 5.82 Å². The van der Waals surface area contributed by atoms with Crippen LogP contribution in [0.1, 0.15) is 12.7 Å². The van der Waals surface area contributed by atoms with Gasteiger partial charge in [-0.3, -0.25) is 0 Å². The molecule has 6 heteroatoms. The van der Waals surface area contributed by atoms with Crippen molar-refractivity contribution in [3.63, 3.8) is 0 Å². The molecule has 0 N–H and O–H groups in total. The van der Waals surface area contributed by atoms with Crippen molar-refractivity contribution in [3.05, 3.63) is 36.3 Å². The molecule has 0 fully saturated rings. The SMILES string of the molecule is CCc1nnc2nc(-c3ccc(OC)cc3)cnn12. The summed E-state index contributed by atoms with van der Waals surface area (Å²) in [4.78, 5) is 4.46. The number of ether oxygens (including phenoxy) is 1. The van der Waals surface area contributed by atoms with E-state index in [2.05, 4.69) is 20.3 Å². The summed E-state index contributed by atoms with van der Waals surface area (Å²) >= 11 is 0. The number of hydrogen-bond donors (Lipinski definition) is 0. The van der Waals surface area contributed by atoms with Crippen LogP contribution in [0, 0.1) is 0 Å². The smallest absolute Gasteiger partial charge is 0.272 e. The fourth-order valence-corrected chi connectivity index (χ4v) is 1.86. The predicted molar refractivity (Wildman–Crippen MR) is 69.9 cm³/mol. The number of aromatic nitrogens is 5. The first-order valence-electron chi connectivity index (χ1n) is 6.03. The summed E-state index contributed by atoms with van der Waals surface area (Å²) < 4.78 is 6.79. The molecular formula is C13H13N5O. The highest BCUT2D eigenvalue weighted by molar-refractivity contribution is 5.60. The van der Waals surface area contributed by atoms with E-state index in [-0.39, 0.29) is 0 Å². The number of methoxy groups -OCH3 is 1. The van der Waals surface area contributed by atoms with Crippen LogP contribution >= 0.6 is 0 Å². The molecule has 0 saturated carbocycles.